The Hall–Kier alpha value is -5.38. The quantitative estimate of drug-likeness (QED) is 0.0618. The summed E-state index contributed by atoms with van der Waals surface area (Å²) in [7, 11) is 2.05. The van der Waals surface area contributed by atoms with Crippen LogP contribution >= 0.6 is 23.2 Å². The maximum Gasteiger partial charge on any atom is 0.202 e. The number of ether oxygens (including phenoxy) is 1. The highest BCUT2D eigenvalue weighted by atomic mass is 35.5. The lowest BCUT2D eigenvalue weighted by Crippen LogP contribution is -2.14. The van der Waals surface area contributed by atoms with E-state index in [4.69, 9.17) is 39.5 Å². The van der Waals surface area contributed by atoms with Gasteiger partial charge < -0.3 is 25.4 Å². The van der Waals surface area contributed by atoms with Gasteiger partial charge in [-0.1, -0.05) is 34.8 Å². The molecular weight excluding hydrogens is 729 g/mol. The highest BCUT2D eigenvalue weighted by Gasteiger charge is 2.31. The Morgan fingerprint density at radius 3 is 2.45 bits per heavy atom. The first kappa shape index (κ1) is 37.9. The summed E-state index contributed by atoms with van der Waals surface area (Å²) < 4.78 is 10.5. The maximum absolute atomic E-state index is 14.7. The van der Waals surface area contributed by atoms with Gasteiger partial charge in [0.2, 0.25) is 5.78 Å². The Morgan fingerprint density at radius 2 is 1.76 bits per heavy atom. The molecule has 0 saturated heterocycles. The van der Waals surface area contributed by atoms with E-state index >= 15 is 0 Å². The third-order valence-corrected chi connectivity index (χ3v) is 11.5. The van der Waals surface area contributed by atoms with Crippen LogP contribution in [0.25, 0.3) is 38.8 Å². The van der Waals surface area contributed by atoms with E-state index in [1.807, 2.05) is 77.2 Å². The third-order valence-electron chi connectivity index (χ3n) is 10.5. The molecule has 0 bridgehead atoms. The van der Waals surface area contributed by atoms with Crippen LogP contribution in [-0.4, -0.2) is 37.2 Å². The second-order valence-electron chi connectivity index (χ2n) is 14.6. The Kier molecular flexibility index (Phi) is 10.6. The zero-order chi connectivity index (χ0) is 39.1. The van der Waals surface area contributed by atoms with Gasteiger partial charge in [0.25, 0.3) is 0 Å². The van der Waals surface area contributed by atoms with Crippen LogP contribution in [0.2, 0.25) is 10.0 Å². The SMILES string of the molecule is CC(=NN)C(=C(C)N)c1c(Cl)ccc2c(CCCOc3cc(C)c(Cl)c(C)c3)c3n(c12)[C@H](C)CC(Cc1cn(C)c2ccc(-c4ncccn4)cc12)=CC3=O. The molecule has 0 fully saturated rings. The van der Waals surface area contributed by atoms with Gasteiger partial charge in [0, 0.05) is 75.4 Å². The van der Waals surface area contributed by atoms with Crippen LogP contribution in [0.3, 0.4) is 0 Å². The molecule has 9 nitrogen and oxygen atoms in total. The number of fused-ring (bicyclic) bond motifs is 4. The predicted octanol–water partition coefficient (Wildman–Crippen LogP) is 9.87. The molecule has 0 aliphatic carbocycles. The first-order chi connectivity index (χ1) is 26.4. The highest BCUT2D eigenvalue weighted by Crippen LogP contribution is 2.43. The summed E-state index contributed by atoms with van der Waals surface area (Å²) >= 11 is 13.5. The van der Waals surface area contributed by atoms with Gasteiger partial charge >= 0.3 is 0 Å². The summed E-state index contributed by atoms with van der Waals surface area (Å²) in [6.45, 7) is 10.2. The Bertz CT molecular complexity index is 2550. The normalized spacial score (nSPS) is 15.3. The number of ketones is 1. The van der Waals surface area contributed by atoms with E-state index in [-0.39, 0.29) is 11.8 Å². The molecule has 7 rings (SSSR count). The van der Waals surface area contributed by atoms with Gasteiger partial charge in [0.1, 0.15) is 5.75 Å². The fourth-order valence-corrected chi connectivity index (χ4v) is 8.51. The summed E-state index contributed by atoms with van der Waals surface area (Å²) in [6, 6.07) is 15.8. The van der Waals surface area contributed by atoms with Crippen molar-refractivity contribution in [2.75, 3.05) is 6.61 Å². The summed E-state index contributed by atoms with van der Waals surface area (Å²) in [5.74, 6) is 7.24. The second kappa shape index (κ2) is 15.4. The largest absolute Gasteiger partial charge is 0.494 e. The molecule has 0 unspecified atom stereocenters. The molecule has 1 atom stereocenters. The van der Waals surface area contributed by atoms with E-state index in [0.29, 0.717) is 65.8 Å². The number of rotatable bonds is 10. The van der Waals surface area contributed by atoms with Crippen molar-refractivity contribution in [3.05, 3.63) is 128 Å². The molecule has 6 aromatic rings. The lowest BCUT2D eigenvalue weighted by molar-refractivity contribution is 0.103. The van der Waals surface area contributed by atoms with Crippen molar-refractivity contribution >= 4 is 62.1 Å². The minimum Gasteiger partial charge on any atom is -0.494 e. The molecule has 4 heterocycles. The molecule has 1 aliphatic rings. The van der Waals surface area contributed by atoms with Gasteiger partial charge in [-0.3, -0.25) is 4.79 Å². The standard InChI is InChI=1S/C44H45Cl2N7O2/c1-24-17-32(18-25(2)41(24)46)55-16-7-9-33-34-11-12-36(45)40(39(27(4)47)28(5)51-48)43(34)53-26(3)19-29(21-38(54)42(33)53)20-31-23-52(6)37-13-10-30(22-35(31)37)44-49-14-8-15-50-44/h8,10-15,17-18,21-23,26H,7,9,16,19-20,47-48H2,1-6H3/t26-/m1/s1. The number of nitrogens with two attached hydrogens (primary N) is 2. The molecular formula is C44H45Cl2N7O2. The molecule has 1 aliphatic heterocycles. The van der Waals surface area contributed by atoms with Crippen molar-refractivity contribution in [3.8, 4) is 17.1 Å². The van der Waals surface area contributed by atoms with Crippen LogP contribution in [-0.2, 0) is 19.9 Å². The number of hydrogen-bond acceptors (Lipinski definition) is 7. The van der Waals surface area contributed by atoms with Gasteiger partial charge in [-0.25, -0.2) is 9.97 Å². The smallest absolute Gasteiger partial charge is 0.202 e. The van der Waals surface area contributed by atoms with E-state index in [9.17, 15) is 4.79 Å². The van der Waals surface area contributed by atoms with Gasteiger partial charge in [-0.05, 0) is 131 Å². The van der Waals surface area contributed by atoms with Gasteiger partial charge in [-0.2, -0.15) is 5.10 Å². The number of benzene rings is 3. The maximum atomic E-state index is 14.7. The van der Waals surface area contributed by atoms with Crippen molar-refractivity contribution in [1.82, 2.24) is 19.1 Å². The number of allylic oxidation sites excluding steroid dienone is 4. The number of carbonyl (C=O) groups excluding carboxylic acids is 1. The first-order valence-electron chi connectivity index (χ1n) is 18.4. The molecule has 0 saturated carbocycles. The van der Waals surface area contributed by atoms with E-state index < -0.39 is 0 Å². The van der Waals surface area contributed by atoms with Crippen LogP contribution in [0.5, 0.6) is 5.75 Å². The van der Waals surface area contributed by atoms with Gasteiger partial charge in [0.15, 0.2) is 5.82 Å². The minimum absolute atomic E-state index is 0.0460. The molecule has 3 aromatic carbocycles. The Labute approximate surface area is 331 Å². The lowest BCUT2D eigenvalue weighted by Gasteiger charge is -2.21. The predicted molar refractivity (Wildman–Crippen MR) is 225 cm³/mol. The Morgan fingerprint density at radius 1 is 1.04 bits per heavy atom. The number of hydrogen-bond donors (Lipinski definition) is 2. The van der Waals surface area contributed by atoms with Crippen LogP contribution in [0.15, 0.2) is 89.6 Å². The van der Waals surface area contributed by atoms with Crippen LogP contribution in [0.4, 0.5) is 0 Å². The average Bonchev–Trinajstić information content (AvgIpc) is 3.62. The van der Waals surface area contributed by atoms with E-state index in [1.165, 1.54) is 0 Å². The van der Waals surface area contributed by atoms with Crippen molar-refractivity contribution < 1.29 is 9.53 Å². The summed E-state index contributed by atoms with van der Waals surface area (Å²) in [6.07, 6.45) is 10.0. The number of halogens is 2. The van der Waals surface area contributed by atoms with Crippen LogP contribution in [0.1, 0.15) is 78.0 Å². The topological polar surface area (TPSA) is 126 Å². The molecule has 0 amide bonds. The molecule has 0 spiro atoms. The second-order valence-corrected chi connectivity index (χ2v) is 15.4. The zero-order valence-electron chi connectivity index (χ0n) is 32.0. The molecule has 11 heteroatoms. The molecule has 55 heavy (non-hydrogen) atoms. The molecule has 4 N–H and O–H groups in total. The number of aryl methyl sites for hydroxylation is 4. The Balaban J connectivity index is 1.31. The van der Waals surface area contributed by atoms with Crippen molar-refractivity contribution in [2.24, 2.45) is 23.7 Å². The first-order valence-corrected chi connectivity index (χ1v) is 19.2. The molecule has 3 aromatic heterocycles. The fourth-order valence-electron chi connectivity index (χ4n) is 8.15. The number of nitrogens with zero attached hydrogens (tertiary/aromatic N) is 5. The van der Waals surface area contributed by atoms with Crippen molar-refractivity contribution in [1.29, 1.82) is 0 Å². The van der Waals surface area contributed by atoms with Crippen LogP contribution in [0, 0.1) is 13.8 Å². The van der Waals surface area contributed by atoms with Gasteiger partial charge in [0.05, 0.1) is 28.6 Å². The van der Waals surface area contributed by atoms with Crippen molar-refractivity contribution in [2.45, 2.75) is 66.3 Å². The number of aromatic nitrogens is 4. The van der Waals surface area contributed by atoms with E-state index in [2.05, 4.69) is 49.5 Å². The monoisotopic (exact) mass is 773 g/mol. The van der Waals surface area contributed by atoms with Gasteiger partial charge in [-0.15, -0.1) is 0 Å². The summed E-state index contributed by atoms with van der Waals surface area (Å²) in [4.78, 5) is 23.7. The number of carbonyl (C=O) groups is 1. The van der Waals surface area contributed by atoms with E-state index in [0.717, 1.165) is 71.5 Å². The average molecular weight is 775 g/mol. The van der Waals surface area contributed by atoms with Crippen molar-refractivity contribution in [3.63, 3.8) is 0 Å². The minimum atomic E-state index is -0.102. The lowest BCUT2D eigenvalue weighted by atomic mass is 9.94. The third kappa shape index (κ3) is 7.14. The summed E-state index contributed by atoms with van der Waals surface area (Å²) in [5, 5.41) is 7.32. The zero-order valence-corrected chi connectivity index (χ0v) is 33.5. The molecule has 0 radical (unpaired) electrons. The highest BCUT2D eigenvalue weighted by molar-refractivity contribution is 6.38. The van der Waals surface area contributed by atoms with Crippen LogP contribution < -0.4 is 16.3 Å². The molecule has 282 valence electrons. The fraction of sp³-hybridized carbons (Fsp3) is 0.273. The summed E-state index contributed by atoms with van der Waals surface area (Å²) in [5.41, 5.74) is 17.6. The number of hydrazone groups is 1. The van der Waals surface area contributed by atoms with E-state index in [1.54, 1.807) is 12.4 Å².